The van der Waals surface area contributed by atoms with Gasteiger partial charge >= 0.3 is 6.03 Å². The van der Waals surface area contributed by atoms with Crippen molar-refractivity contribution in [2.45, 2.75) is 50.7 Å². The lowest BCUT2D eigenvalue weighted by molar-refractivity contribution is 0.185. The SMILES string of the molecule is CC(CC#N)NC(=O)N1CC2(CC2)[C@H](NS(C)(=O)=O)[C@@H]1Cc1cccc(-c2ccccc2)c1F. The number of carbonyl (C=O) groups excluding carboxylic acids is 1. The second-order valence-electron chi connectivity index (χ2n) is 9.49. The Balaban J connectivity index is 1.68. The Morgan fingerprint density at radius 3 is 2.56 bits per heavy atom. The Morgan fingerprint density at radius 1 is 1.24 bits per heavy atom. The van der Waals surface area contributed by atoms with Gasteiger partial charge in [-0.2, -0.15) is 5.26 Å². The highest BCUT2D eigenvalue weighted by molar-refractivity contribution is 7.88. The summed E-state index contributed by atoms with van der Waals surface area (Å²) in [7, 11) is -3.55. The summed E-state index contributed by atoms with van der Waals surface area (Å²) in [6.07, 6.45) is 3.02. The van der Waals surface area contributed by atoms with Crippen LogP contribution in [0.2, 0.25) is 0 Å². The Hall–Kier alpha value is -2.96. The number of amides is 2. The van der Waals surface area contributed by atoms with E-state index in [9.17, 15) is 13.2 Å². The summed E-state index contributed by atoms with van der Waals surface area (Å²) in [5.41, 5.74) is 1.28. The molecule has 2 aromatic carbocycles. The highest BCUT2D eigenvalue weighted by Crippen LogP contribution is 2.55. The van der Waals surface area contributed by atoms with Gasteiger partial charge in [-0.1, -0.05) is 48.5 Å². The third-order valence-corrected chi connectivity index (χ3v) is 7.47. The van der Waals surface area contributed by atoms with E-state index in [0.717, 1.165) is 24.7 Å². The number of nitrogens with zero attached hydrogens (tertiary/aromatic N) is 2. The maximum absolute atomic E-state index is 15.6. The molecule has 2 fully saturated rings. The highest BCUT2D eigenvalue weighted by atomic mass is 32.2. The van der Waals surface area contributed by atoms with E-state index in [1.807, 2.05) is 36.4 Å². The van der Waals surface area contributed by atoms with Crippen LogP contribution in [-0.4, -0.2) is 50.3 Å². The standard InChI is InChI=1S/C25H29FN4O3S/c1-17(11-14-27)28-24(31)30-16-25(12-13-25)23(29-34(2,32)33)21(30)15-19-9-6-10-20(22(19)26)18-7-4-3-5-8-18/h3-10,17,21,23,29H,11-13,15-16H2,1-2H3,(H,28,31)/t17?,21-,23+/m0/s1. The number of halogens is 1. The zero-order valence-electron chi connectivity index (χ0n) is 19.3. The van der Waals surface area contributed by atoms with Crippen molar-refractivity contribution >= 4 is 16.1 Å². The second kappa shape index (κ2) is 9.35. The summed E-state index contributed by atoms with van der Waals surface area (Å²) in [5, 5.41) is 11.8. The molecule has 1 unspecified atom stereocenters. The number of sulfonamides is 1. The summed E-state index contributed by atoms with van der Waals surface area (Å²) in [4.78, 5) is 14.8. The highest BCUT2D eigenvalue weighted by Gasteiger charge is 2.61. The third kappa shape index (κ3) is 5.08. The van der Waals surface area contributed by atoms with Crippen molar-refractivity contribution in [3.8, 4) is 17.2 Å². The molecule has 2 aliphatic rings. The molecule has 2 aromatic rings. The smallest absolute Gasteiger partial charge is 0.317 e. The number of urea groups is 1. The zero-order chi connectivity index (χ0) is 24.5. The molecule has 3 atom stereocenters. The number of nitrogens with one attached hydrogen (secondary N) is 2. The molecule has 4 rings (SSSR count). The Bertz CT molecular complexity index is 1210. The van der Waals surface area contributed by atoms with E-state index in [0.29, 0.717) is 17.7 Å². The van der Waals surface area contributed by atoms with Gasteiger partial charge in [0.15, 0.2) is 0 Å². The van der Waals surface area contributed by atoms with E-state index in [-0.39, 0.29) is 36.1 Å². The van der Waals surface area contributed by atoms with Gasteiger partial charge in [0.2, 0.25) is 10.0 Å². The van der Waals surface area contributed by atoms with Crippen molar-refractivity contribution in [1.29, 1.82) is 5.26 Å². The van der Waals surface area contributed by atoms with Gasteiger partial charge in [-0.15, -0.1) is 0 Å². The molecule has 2 N–H and O–H groups in total. The zero-order valence-corrected chi connectivity index (χ0v) is 20.1. The van der Waals surface area contributed by atoms with Crippen LogP contribution in [0.15, 0.2) is 48.5 Å². The Labute approximate surface area is 200 Å². The molecule has 7 nitrogen and oxygen atoms in total. The normalized spacial score (nSPS) is 21.8. The van der Waals surface area contributed by atoms with Gasteiger partial charge in [0.1, 0.15) is 5.82 Å². The maximum atomic E-state index is 15.6. The lowest BCUT2D eigenvalue weighted by Crippen LogP contribution is -2.52. The summed E-state index contributed by atoms with van der Waals surface area (Å²) >= 11 is 0. The van der Waals surface area contributed by atoms with Crippen molar-refractivity contribution < 1.29 is 17.6 Å². The van der Waals surface area contributed by atoms with E-state index in [4.69, 9.17) is 5.26 Å². The van der Waals surface area contributed by atoms with E-state index in [1.54, 1.807) is 30.0 Å². The van der Waals surface area contributed by atoms with Crippen molar-refractivity contribution in [1.82, 2.24) is 14.9 Å². The van der Waals surface area contributed by atoms with Gasteiger partial charge in [0.25, 0.3) is 0 Å². The quantitative estimate of drug-likeness (QED) is 0.629. The van der Waals surface area contributed by atoms with Crippen molar-refractivity contribution in [3.05, 3.63) is 59.9 Å². The van der Waals surface area contributed by atoms with E-state index >= 15 is 4.39 Å². The van der Waals surface area contributed by atoms with Crippen LogP contribution in [0.3, 0.4) is 0 Å². The molecule has 9 heteroatoms. The first kappa shape index (κ1) is 24.2. The molecule has 34 heavy (non-hydrogen) atoms. The number of nitriles is 1. The molecule has 1 aliphatic heterocycles. The predicted octanol–water partition coefficient (Wildman–Crippen LogP) is 3.43. The monoisotopic (exact) mass is 484 g/mol. The topological polar surface area (TPSA) is 102 Å². The average molecular weight is 485 g/mol. The molecule has 0 radical (unpaired) electrons. The first-order valence-electron chi connectivity index (χ1n) is 11.4. The molecule has 1 spiro atoms. The molecule has 180 valence electrons. The van der Waals surface area contributed by atoms with Crippen molar-refractivity contribution in [3.63, 3.8) is 0 Å². The van der Waals surface area contributed by atoms with Crippen LogP contribution in [0.1, 0.15) is 31.7 Å². The van der Waals surface area contributed by atoms with E-state index in [1.165, 1.54) is 0 Å². The number of carbonyl (C=O) groups is 1. The van der Waals surface area contributed by atoms with Gasteiger partial charge in [-0.3, -0.25) is 0 Å². The number of rotatable bonds is 7. The molecule has 1 saturated carbocycles. The molecular weight excluding hydrogens is 455 g/mol. The summed E-state index contributed by atoms with van der Waals surface area (Å²) in [6, 6.07) is 14.6. The minimum Gasteiger partial charge on any atom is -0.334 e. The minimum absolute atomic E-state index is 0.161. The number of hydrogen-bond acceptors (Lipinski definition) is 4. The van der Waals surface area contributed by atoms with E-state index in [2.05, 4.69) is 10.0 Å². The fourth-order valence-electron chi connectivity index (χ4n) is 4.94. The van der Waals surface area contributed by atoms with Crippen LogP contribution >= 0.6 is 0 Å². The first-order valence-corrected chi connectivity index (χ1v) is 13.3. The molecule has 1 heterocycles. The van der Waals surface area contributed by atoms with Crippen molar-refractivity contribution in [2.24, 2.45) is 5.41 Å². The predicted molar refractivity (Wildman–Crippen MR) is 128 cm³/mol. The number of likely N-dealkylation sites (tertiary alicyclic amines) is 1. The lowest BCUT2D eigenvalue weighted by Gasteiger charge is -2.30. The number of hydrogen-bond donors (Lipinski definition) is 2. The van der Waals surface area contributed by atoms with Gasteiger partial charge in [-0.25, -0.2) is 22.3 Å². The van der Waals surface area contributed by atoms with Crippen molar-refractivity contribution in [2.75, 3.05) is 12.8 Å². The lowest BCUT2D eigenvalue weighted by atomic mass is 9.91. The van der Waals surface area contributed by atoms with Crippen LogP contribution in [-0.2, 0) is 16.4 Å². The van der Waals surface area contributed by atoms with Crippen LogP contribution < -0.4 is 10.0 Å². The molecule has 1 aliphatic carbocycles. The fourth-order valence-corrected chi connectivity index (χ4v) is 5.81. The maximum Gasteiger partial charge on any atom is 0.317 e. The Morgan fingerprint density at radius 2 is 1.94 bits per heavy atom. The molecule has 0 bridgehead atoms. The van der Waals surface area contributed by atoms with E-state index < -0.39 is 22.1 Å². The van der Waals surface area contributed by atoms with Gasteiger partial charge in [0.05, 0.1) is 24.8 Å². The summed E-state index contributed by atoms with van der Waals surface area (Å²) in [6.45, 7) is 2.13. The average Bonchev–Trinajstić information content (AvgIpc) is 3.50. The van der Waals surface area contributed by atoms with Crippen LogP contribution in [0.25, 0.3) is 11.1 Å². The first-order chi connectivity index (χ1) is 16.1. The second-order valence-corrected chi connectivity index (χ2v) is 11.3. The summed E-state index contributed by atoms with van der Waals surface area (Å²) in [5.74, 6) is -0.373. The molecule has 1 saturated heterocycles. The largest absolute Gasteiger partial charge is 0.334 e. The molecule has 0 aromatic heterocycles. The van der Waals surface area contributed by atoms with Crippen LogP contribution in [0.5, 0.6) is 0 Å². The van der Waals surface area contributed by atoms with Gasteiger partial charge < -0.3 is 10.2 Å². The number of benzene rings is 2. The minimum atomic E-state index is -3.55. The van der Waals surface area contributed by atoms with Gasteiger partial charge in [-0.05, 0) is 37.3 Å². The summed E-state index contributed by atoms with van der Waals surface area (Å²) < 4.78 is 42.8. The van der Waals surface area contributed by atoms with Crippen LogP contribution in [0.4, 0.5) is 9.18 Å². The van der Waals surface area contributed by atoms with Gasteiger partial charge in [0, 0.05) is 29.6 Å². The third-order valence-electron chi connectivity index (χ3n) is 6.78. The Kier molecular flexibility index (Phi) is 6.65. The molecule has 2 amide bonds. The van der Waals surface area contributed by atoms with Crippen LogP contribution in [0, 0.1) is 22.6 Å². The molecular formula is C25H29FN4O3S. The fraction of sp³-hybridized carbons (Fsp3) is 0.440.